The summed E-state index contributed by atoms with van der Waals surface area (Å²) in [5.74, 6) is 1.43. The van der Waals surface area contributed by atoms with Crippen molar-refractivity contribution in [1.29, 1.82) is 0 Å². The van der Waals surface area contributed by atoms with E-state index in [2.05, 4.69) is 27.7 Å². The maximum atomic E-state index is 5.84. The lowest BCUT2D eigenvalue weighted by Gasteiger charge is -2.08. The molecule has 0 saturated carbocycles. The Hall–Kier alpha value is -3.47. The van der Waals surface area contributed by atoms with Crippen LogP contribution in [-0.2, 0) is 6.61 Å². The minimum absolute atomic E-state index is 0.298. The summed E-state index contributed by atoms with van der Waals surface area (Å²) in [4.78, 5) is 0. The highest BCUT2D eigenvalue weighted by Crippen LogP contribution is 2.22. The van der Waals surface area contributed by atoms with Gasteiger partial charge in [0.25, 0.3) is 0 Å². The number of hydrogen-bond donors (Lipinski definition) is 0. The third-order valence-corrected chi connectivity index (χ3v) is 3.86. The lowest BCUT2D eigenvalue weighted by Crippen LogP contribution is -2.06. The van der Waals surface area contributed by atoms with Crippen LogP contribution in [-0.4, -0.2) is 20.2 Å². The van der Waals surface area contributed by atoms with E-state index in [-0.39, 0.29) is 0 Å². The Morgan fingerprint density at radius 2 is 1.36 bits per heavy atom. The number of nitrogens with zero attached hydrogens (tertiary/aromatic N) is 4. The van der Waals surface area contributed by atoms with Crippen molar-refractivity contribution in [2.75, 3.05) is 0 Å². The van der Waals surface area contributed by atoms with Gasteiger partial charge in [-0.1, -0.05) is 60.7 Å². The van der Waals surface area contributed by atoms with Crippen molar-refractivity contribution in [2.45, 2.75) is 6.61 Å². The summed E-state index contributed by atoms with van der Waals surface area (Å²) in [5, 5.41) is 11.8. The monoisotopic (exact) mass is 328 g/mol. The molecular weight excluding hydrogens is 312 g/mol. The second kappa shape index (κ2) is 6.97. The van der Waals surface area contributed by atoms with E-state index in [0.717, 1.165) is 17.0 Å². The van der Waals surface area contributed by atoms with Gasteiger partial charge in [-0.25, -0.2) is 0 Å². The normalized spacial score (nSPS) is 10.6. The molecule has 0 unspecified atom stereocenters. The second-order valence-corrected chi connectivity index (χ2v) is 5.52. The Bertz CT molecular complexity index is 934. The van der Waals surface area contributed by atoms with E-state index in [1.54, 1.807) is 4.68 Å². The molecule has 0 aliphatic carbocycles. The Labute approximate surface area is 145 Å². The largest absolute Gasteiger partial charge is 0.486 e. The van der Waals surface area contributed by atoms with E-state index in [9.17, 15) is 0 Å². The van der Waals surface area contributed by atoms with Crippen LogP contribution in [0.3, 0.4) is 0 Å². The summed E-state index contributed by atoms with van der Waals surface area (Å²) in [6.07, 6.45) is 0. The summed E-state index contributed by atoms with van der Waals surface area (Å²) < 4.78 is 7.52. The van der Waals surface area contributed by atoms with Gasteiger partial charge < -0.3 is 4.74 Å². The molecule has 122 valence electrons. The first-order valence-electron chi connectivity index (χ1n) is 8.01. The maximum absolute atomic E-state index is 5.84. The standard InChI is InChI=1S/C20H16N4O/c1-3-7-16(8-4-1)17-11-13-19(14-12-17)25-15-20-21-22-23-24(20)18-9-5-2-6-10-18/h1-14H,15H2. The van der Waals surface area contributed by atoms with Crippen LogP contribution in [0.5, 0.6) is 5.75 Å². The molecule has 1 aromatic heterocycles. The van der Waals surface area contributed by atoms with Crippen molar-refractivity contribution in [3.05, 3.63) is 90.8 Å². The summed E-state index contributed by atoms with van der Waals surface area (Å²) in [5.41, 5.74) is 3.25. The van der Waals surface area contributed by atoms with Crippen LogP contribution < -0.4 is 4.74 Å². The van der Waals surface area contributed by atoms with Gasteiger partial charge in [0.2, 0.25) is 0 Å². The van der Waals surface area contributed by atoms with Gasteiger partial charge in [-0.2, -0.15) is 4.68 Å². The molecule has 4 aromatic rings. The summed E-state index contributed by atoms with van der Waals surface area (Å²) in [6.45, 7) is 0.298. The average Bonchev–Trinajstić information content (AvgIpc) is 3.17. The molecule has 0 radical (unpaired) electrons. The molecule has 0 bridgehead atoms. The van der Waals surface area contributed by atoms with Gasteiger partial charge in [0.15, 0.2) is 5.82 Å². The van der Waals surface area contributed by atoms with Crippen LogP contribution in [0.1, 0.15) is 5.82 Å². The molecule has 0 aliphatic rings. The molecular formula is C20H16N4O. The van der Waals surface area contributed by atoms with Crippen molar-refractivity contribution in [2.24, 2.45) is 0 Å². The number of aromatic nitrogens is 4. The Balaban J connectivity index is 1.47. The zero-order valence-electron chi connectivity index (χ0n) is 13.5. The highest BCUT2D eigenvalue weighted by atomic mass is 16.5. The van der Waals surface area contributed by atoms with Gasteiger partial charge in [-0.05, 0) is 45.8 Å². The van der Waals surface area contributed by atoms with Crippen molar-refractivity contribution in [1.82, 2.24) is 20.2 Å². The van der Waals surface area contributed by atoms with Gasteiger partial charge in [-0.15, -0.1) is 5.10 Å². The molecule has 4 rings (SSSR count). The summed E-state index contributed by atoms with van der Waals surface area (Å²) in [7, 11) is 0. The van der Waals surface area contributed by atoms with Crippen LogP contribution in [0.15, 0.2) is 84.9 Å². The zero-order valence-corrected chi connectivity index (χ0v) is 13.5. The first-order valence-corrected chi connectivity index (χ1v) is 8.01. The lowest BCUT2D eigenvalue weighted by atomic mass is 10.1. The fourth-order valence-corrected chi connectivity index (χ4v) is 2.59. The molecule has 1 heterocycles. The Morgan fingerprint density at radius 3 is 2.08 bits per heavy atom. The predicted molar refractivity (Wildman–Crippen MR) is 95.4 cm³/mol. The van der Waals surface area contributed by atoms with Crippen LogP contribution >= 0.6 is 0 Å². The first-order chi connectivity index (χ1) is 12.4. The average molecular weight is 328 g/mol. The van der Waals surface area contributed by atoms with Gasteiger partial charge in [0.05, 0.1) is 5.69 Å². The van der Waals surface area contributed by atoms with Crippen LogP contribution in [0.25, 0.3) is 16.8 Å². The quantitative estimate of drug-likeness (QED) is 0.557. The molecule has 25 heavy (non-hydrogen) atoms. The number of tetrazole rings is 1. The molecule has 0 amide bonds. The van der Waals surface area contributed by atoms with E-state index < -0.39 is 0 Å². The third-order valence-electron chi connectivity index (χ3n) is 3.86. The number of hydrogen-bond acceptors (Lipinski definition) is 4. The van der Waals surface area contributed by atoms with Gasteiger partial charge in [-0.3, -0.25) is 0 Å². The third kappa shape index (κ3) is 3.40. The van der Waals surface area contributed by atoms with Gasteiger partial charge >= 0.3 is 0 Å². The maximum Gasteiger partial charge on any atom is 0.194 e. The molecule has 0 N–H and O–H groups in total. The minimum atomic E-state index is 0.298. The van der Waals surface area contributed by atoms with Crippen molar-refractivity contribution < 1.29 is 4.74 Å². The SMILES string of the molecule is c1ccc(-c2ccc(OCc3nnnn3-c3ccccc3)cc2)cc1. The van der Waals surface area contributed by atoms with Gasteiger partial charge in [0, 0.05) is 0 Å². The highest BCUT2D eigenvalue weighted by Gasteiger charge is 2.08. The van der Waals surface area contributed by atoms with E-state index >= 15 is 0 Å². The summed E-state index contributed by atoms with van der Waals surface area (Å²) >= 11 is 0. The van der Waals surface area contributed by atoms with Crippen molar-refractivity contribution in [3.63, 3.8) is 0 Å². The minimum Gasteiger partial charge on any atom is -0.486 e. The number of para-hydroxylation sites is 1. The molecule has 0 fully saturated rings. The number of rotatable bonds is 5. The Morgan fingerprint density at radius 1 is 0.720 bits per heavy atom. The lowest BCUT2D eigenvalue weighted by molar-refractivity contribution is 0.292. The molecule has 5 nitrogen and oxygen atoms in total. The summed E-state index contributed by atoms with van der Waals surface area (Å²) in [6, 6.07) is 28.0. The topological polar surface area (TPSA) is 52.8 Å². The van der Waals surface area contributed by atoms with E-state index in [1.165, 1.54) is 5.56 Å². The van der Waals surface area contributed by atoms with Crippen molar-refractivity contribution >= 4 is 0 Å². The predicted octanol–water partition coefficient (Wildman–Crippen LogP) is 3.91. The fraction of sp³-hybridized carbons (Fsp3) is 0.0500. The van der Waals surface area contributed by atoms with Crippen LogP contribution in [0, 0.1) is 0 Å². The smallest absolute Gasteiger partial charge is 0.194 e. The first kappa shape index (κ1) is 15.1. The number of ether oxygens (including phenoxy) is 1. The molecule has 0 aliphatic heterocycles. The fourth-order valence-electron chi connectivity index (χ4n) is 2.59. The van der Waals surface area contributed by atoms with E-state index in [1.807, 2.05) is 72.8 Å². The van der Waals surface area contributed by atoms with Gasteiger partial charge in [0.1, 0.15) is 12.4 Å². The molecule has 3 aromatic carbocycles. The van der Waals surface area contributed by atoms with Crippen LogP contribution in [0.4, 0.5) is 0 Å². The molecule has 0 spiro atoms. The van der Waals surface area contributed by atoms with Crippen LogP contribution in [0.2, 0.25) is 0 Å². The second-order valence-electron chi connectivity index (χ2n) is 5.52. The highest BCUT2D eigenvalue weighted by molar-refractivity contribution is 5.63. The molecule has 0 atom stereocenters. The zero-order chi connectivity index (χ0) is 16.9. The van der Waals surface area contributed by atoms with E-state index in [4.69, 9.17) is 4.74 Å². The Kier molecular flexibility index (Phi) is 4.20. The molecule has 5 heteroatoms. The number of benzene rings is 3. The van der Waals surface area contributed by atoms with Crippen molar-refractivity contribution in [3.8, 4) is 22.6 Å². The molecule has 0 saturated heterocycles. The van der Waals surface area contributed by atoms with E-state index in [0.29, 0.717) is 12.4 Å².